The molecule has 0 aliphatic carbocycles. The van der Waals surface area contributed by atoms with Crippen LogP contribution in [0.3, 0.4) is 0 Å². The van der Waals surface area contributed by atoms with E-state index in [1.165, 1.54) is 19.2 Å². The molecule has 0 fully saturated rings. The molecule has 4 rings (SSSR count). The van der Waals surface area contributed by atoms with Gasteiger partial charge in [-0.15, -0.1) is 5.11 Å². The second-order valence-electron chi connectivity index (χ2n) is 7.66. The molecule has 9 heteroatoms. The molecule has 0 aliphatic rings. The molecule has 0 bridgehead atoms. The van der Waals surface area contributed by atoms with Gasteiger partial charge in [-0.3, -0.25) is 0 Å². The Bertz CT molecular complexity index is 1260. The van der Waals surface area contributed by atoms with Crippen LogP contribution < -0.4 is 10.6 Å². The van der Waals surface area contributed by atoms with E-state index in [1.54, 1.807) is 0 Å². The summed E-state index contributed by atoms with van der Waals surface area (Å²) in [7, 11) is 0. The number of aromatic nitrogens is 3. The van der Waals surface area contributed by atoms with Gasteiger partial charge in [0.15, 0.2) is 0 Å². The van der Waals surface area contributed by atoms with Crippen molar-refractivity contribution in [2.24, 2.45) is 20.5 Å². The van der Waals surface area contributed by atoms with E-state index in [4.69, 9.17) is 0 Å². The van der Waals surface area contributed by atoms with Gasteiger partial charge in [0, 0.05) is 6.54 Å². The summed E-state index contributed by atoms with van der Waals surface area (Å²) in [4.78, 5) is 12.8. The Morgan fingerprint density at radius 2 is 1.29 bits per heavy atom. The number of para-hydroxylation sites is 1. The van der Waals surface area contributed by atoms with Gasteiger partial charge in [0.25, 0.3) is 0 Å². The van der Waals surface area contributed by atoms with Crippen LogP contribution in [0, 0.1) is 0 Å². The zero-order chi connectivity index (χ0) is 24.1. The number of unbranched alkanes of at least 4 members (excludes halogenated alkanes) is 2. The minimum absolute atomic E-state index is 0.439. The Morgan fingerprint density at radius 3 is 2.03 bits per heavy atom. The molecule has 0 radical (unpaired) electrons. The predicted octanol–water partition coefficient (Wildman–Crippen LogP) is 8.05. The summed E-state index contributed by atoms with van der Waals surface area (Å²) in [5.74, 6) is 0.982. The molecule has 0 saturated heterocycles. The van der Waals surface area contributed by atoms with Gasteiger partial charge in [0.05, 0.1) is 22.7 Å². The number of azo groups is 2. The molecular weight excluding hydrogens is 438 g/mol. The number of hydrogen-bond acceptors (Lipinski definition) is 9. The Hall–Kier alpha value is -4.53. The van der Waals surface area contributed by atoms with Crippen LogP contribution in [0.25, 0.3) is 0 Å². The zero-order valence-electron chi connectivity index (χ0n) is 19.5. The maximum absolute atomic E-state index is 4.44. The van der Waals surface area contributed by atoms with Crippen molar-refractivity contribution in [2.75, 3.05) is 17.2 Å². The monoisotopic (exact) mass is 465 g/mol. The number of anilines is 3. The van der Waals surface area contributed by atoms with Gasteiger partial charge in [0.2, 0.25) is 11.9 Å². The first-order valence-corrected chi connectivity index (χ1v) is 11.6. The minimum Gasteiger partial charge on any atom is -0.354 e. The van der Waals surface area contributed by atoms with Crippen molar-refractivity contribution < 1.29 is 0 Å². The normalized spacial score (nSPS) is 11.2. The van der Waals surface area contributed by atoms with E-state index < -0.39 is 0 Å². The van der Waals surface area contributed by atoms with Crippen molar-refractivity contribution in [3.63, 3.8) is 0 Å². The summed E-state index contributed by atoms with van der Waals surface area (Å²) in [6.45, 7) is 3.00. The first kappa shape index (κ1) is 23.6. The van der Waals surface area contributed by atoms with Crippen LogP contribution in [-0.4, -0.2) is 21.5 Å². The first-order valence-electron chi connectivity index (χ1n) is 11.6. The summed E-state index contributed by atoms with van der Waals surface area (Å²) in [5.41, 5.74) is 3.66. The topological polar surface area (TPSA) is 112 Å². The largest absolute Gasteiger partial charge is 0.354 e. The number of nitrogens with zero attached hydrogens (tertiary/aromatic N) is 7. The van der Waals surface area contributed by atoms with E-state index in [9.17, 15) is 0 Å². The molecule has 0 unspecified atom stereocenters. The van der Waals surface area contributed by atoms with Gasteiger partial charge in [-0.25, -0.2) is 9.97 Å². The van der Waals surface area contributed by atoms with E-state index >= 15 is 0 Å². The fourth-order valence-corrected chi connectivity index (χ4v) is 3.11. The quantitative estimate of drug-likeness (QED) is 0.172. The molecule has 9 nitrogen and oxygen atoms in total. The fraction of sp³-hybridized carbons (Fsp3) is 0.192. The summed E-state index contributed by atoms with van der Waals surface area (Å²) < 4.78 is 0. The van der Waals surface area contributed by atoms with Gasteiger partial charge < -0.3 is 10.6 Å². The fourth-order valence-electron chi connectivity index (χ4n) is 3.11. The molecule has 1 heterocycles. The van der Waals surface area contributed by atoms with Crippen LogP contribution in [0.1, 0.15) is 26.2 Å². The SMILES string of the molecule is CCCCCNc1ncnc(Nc2ccccc2N=Nc2ccc(N=Nc3ccccc3)cc2)n1. The summed E-state index contributed by atoms with van der Waals surface area (Å²) in [5, 5.41) is 23.7. The van der Waals surface area contributed by atoms with Crippen molar-refractivity contribution in [1.82, 2.24) is 15.0 Å². The van der Waals surface area contributed by atoms with Crippen molar-refractivity contribution in [3.05, 3.63) is 85.2 Å². The van der Waals surface area contributed by atoms with E-state index in [-0.39, 0.29) is 0 Å². The Kier molecular flexibility index (Phi) is 8.53. The van der Waals surface area contributed by atoms with Crippen LogP contribution in [0.15, 0.2) is 106 Å². The van der Waals surface area contributed by atoms with Gasteiger partial charge >= 0.3 is 0 Å². The van der Waals surface area contributed by atoms with Crippen LogP contribution in [0.5, 0.6) is 0 Å². The van der Waals surface area contributed by atoms with Gasteiger partial charge in [-0.05, 0) is 55.0 Å². The van der Waals surface area contributed by atoms with Crippen molar-refractivity contribution >= 4 is 40.3 Å². The molecule has 0 atom stereocenters. The van der Waals surface area contributed by atoms with Crippen LogP contribution >= 0.6 is 0 Å². The lowest BCUT2D eigenvalue weighted by Gasteiger charge is -2.08. The van der Waals surface area contributed by atoms with Crippen LogP contribution in [0.2, 0.25) is 0 Å². The molecule has 35 heavy (non-hydrogen) atoms. The standard InChI is InChI=1S/C26H27N9/c1-2-3-9-18-27-25-28-19-29-26(31-25)30-23-12-7-8-13-24(23)35-34-22-16-14-21(15-17-22)33-32-20-10-5-4-6-11-20/h4-8,10-17,19H,2-3,9,18H2,1H3,(H2,27,28,29,30,31). The number of hydrogen-bond donors (Lipinski definition) is 2. The summed E-state index contributed by atoms with van der Waals surface area (Å²) >= 11 is 0. The zero-order valence-corrected chi connectivity index (χ0v) is 19.5. The maximum atomic E-state index is 4.44. The molecule has 4 aromatic rings. The van der Waals surface area contributed by atoms with E-state index in [2.05, 4.69) is 53.0 Å². The third-order valence-corrected chi connectivity index (χ3v) is 4.95. The second-order valence-corrected chi connectivity index (χ2v) is 7.66. The lowest BCUT2D eigenvalue weighted by atomic mass is 10.2. The summed E-state index contributed by atoms with van der Waals surface area (Å²) in [6, 6.07) is 24.6. The Balaban J connectivity index is 1.40. The first-order chi connectivity index (χ1) is 17.3. The van der Waals surface area contributed by atoms with Crippen molar-refractivity contribution in [3.8, 4) is 0 Å². The maximum Gasteiger partial charge on any atom is 0.232 e. The van der Waals surface area contributed by atoms with Crippen LogP contribution in [-0.2, 0) is 0 Å². The van der Waals surface area contributed by atoms with Crippen molar-refractivity contribution in [2.45, 2.75) is 26.2 Å². The highest BCUT2D eigenvalue weighted by Crippen LogP contribution is 2.29. The molecule has 0 spiro atoms. The third kappa shape index (κ3) is 7.50. The van der Waals surface area contributed by atoms with E-state index in [0.29, 0.717) is 23.3 Å². The smallest absolute Gasteiger partial charge is 0.232 e. The molecule has 2 N–H and O–H groups in total. The van der Waals surface area contributed by atoms with Gasteiger partial charge in [-0.2, -0.15) is 20.3 Å². The third-order valence-electron chi connectivity index (χ3n) is 4.95. The average Bonchev–Trinajstić information content (AvgIpc) is 2.91. The molecule has 0 aliphatic heterocycles. The molecule has 1 aromatic heterocycles. The van der Waals surface area contributed by atoms with E-state index in [1.807, 2.05) is 78.9 Å². The lowest BCUT2D eigenvalue weighted by molar-refractivity contribution is 0.740. The molecule has 176 valence electrons. The molecular formula is C26H27N9. The minimum atomic E-state index is 0.439. The lowest BCUT2D eigenvalue weighted by Crippen LogP contribution is -2.07. The number of rotatable bonds is 11. The van der Waals surface area contributed by atoms with Crippen LogP contribution in [0.4, 0.5) is 40.3 Å². The molecule has 3 aromatic carbocycles. The average molecular weight is 466 g/mol. The Labute approximate surface area is 204 Å². The molecule has 0 saturated carbocycles. The number of benzene rings is 3. The highest BCUT2D eigenvalue weighted by Gasteiger charge is 2.05. The van der Waals surface area contributed by atoms with Crippen molar-refractivity contribution in [1.29, 1.82) is 0 Å². The molecule has 0 amide bonds. The highest BCUT2D eigenvalue weighted by molar-refractivity contribution is 5.69. The predicted molar refractivity (Wildman–Crippen MR) is 139 cm³/mol. The highest BCUT2D eigenvalue weighted by atomic mass is 15.2. The Morgan fingerprint density at radius 1 is 0.657 bits per heavy atom. The number of nitrogens with one attached hydrogen (secondary N) is 2. The van der Waals surface area contributed by atoms with Gasteiger partial charge in [0.1, 0.15) is 12.0 Å². The second kappa shape index (κ2) is 12.6. The van der Waals surface area contributed by atoms with Gasteiger partial charge in [-0.1, -0.05) is 50.1 Å². The summed E-state index contributed by atoms with van der Waals surface area (Å²) in [6.07, 6.45) is 4.89. The van der Waals surface area contributed by atoms with E-state index in [0.717, 1.165) is 30.0 Å².